The molecule has 2 aromatic carbocycles. The third-order valence-electron chi connectivity index (χ3n) is 2.64. The van der Waals surface area contributed by atoms with Gasteiger partial charge in [-0.05, 0) is 48.5 Å². The first-order valence-electron chi connectivity index (χ1n) is 5.61. The number of nitrogens with two attached hydrogens (primary N) is 1. The van der Waals surface area contributed by atoms with Gasteiger partial charge in [0.25, 0.3) is 0 Å². The number of carbonyl (C=O) groups is 1. The van der Waals surface area contributed by atoms with E-state index < -0.39 is 6.03 Å². The van der Waals surface area contributed by atoms with Crippen molar-refractivity contribution in [1.29, 1.82) is 0 Å². The fraction of sp³-hybridized carbons (Fsp3) is 0.0714. The molecule has 2 N–H and O–H groups in total. The number of ether oxygens (including phenoxy) is 1. The summed E-state index contributed by atoms with van der Waals surface area (Å²) in [7, 11) is 1.56. The average molecular weight is 260 g/mol. The molecule has 0 aliphatic heterocycles. The Kier molecular flexibility index (Phi) is 3.66. The molecule has 0 bridgehead atoms. The van der Waals surface area contributed by atoms with Gasteiger partial charge in [0.1, 0.15) is 11.6 Å². The second kappa shape index (κ2) is 5.39. The maximum absolute atomic E-state index is 12.9. The Balaban J connectivity index is 2.39. The lowest BCUT2D eigenvalue weighted by Crippen LogP contribution is -2.31. The van der Waals surface area contributed by atoms with Gasteiger partial charge in [-0.25, -0.2) is 9.18 Å². The molecule has 4 nitrogen and oxygen atoms in total. The number of nitrogens with zero attached hydrogens (tertiary/aromatic N) is 1. The van der Waals surface area contributed by atoms with Crippen LogP contribution in [0, 0.1) is 5.82 Å². The number of methoxy groups -OCH3 is 1. The first kappa shape index (κ1) is 12.9. The smallest absolute Gasteiger partial charge is 0.323 e. The molecule has 2 amide bonds. The van der Waals surface area contributed by atoms with E-state index in [1.807, 2.05) is 0 Å². The third-order valence-corrected chi connectivity index (χ3v) is 2.64. The molecule has 0 saturated carbocycles. The van der Waals surface area contributed by atoms with Gasteiger partial charge in [0.05, 0.1) is 18.5 Å². The maximum atomic E-state index is 12.9. The van der Waals surface area contributed by atoms with Crippen molar-refractivity contribution in [3.8, 4) is 5.75 Å². The highest BCUT2D eigenvalue weighted by Gasteiger charge is 2.14. The molecule has 98 valence electrons. The number of anilines is 2. The number of carbonyl (C=O) groups excluding carboxylic acids is 1. The Bertz CT molecular complexity index is 567. The highest BCUT2D eigenvalue weighted by Crippen LogP contribution is 2.27. The number of primary amides is 1. The van der Waals surface area contributed by atoms with Crippen LogP contribution in [0.1, 0.15) is 0 Å². The lowest BCUT2D eigenvalue weighted by Gasteiger charge is -2.20. The molecule has 0 fully saturated rings. The maximum Gasteiger partial charge on any atom is 0.323 e. The van der Waals surface area contributed by atoms with Crippen LogP contribution in [-0.2, 0) is 0 Å². The predicted molar refractivity (Wildman–Crippen MR) is 71.1 cm³/mol. The third kappa shape index (κ3) is 2.82. The molecule has 0 heterocycles. The van der Waals surface area contributed by atoms with Gasteiger partial charge in [0.15, 0.2) is 0 Å². The minimum Gasteiger partial charge on any atom is -0.497 e. The molecule has 0 aliphatic rings. The van der Waals surface area contributed by atoms with Crippen molar-refractivity contribution in [3.05, 3.63) is 54.3 Å². The van der Waals surface area contributed by atoms with Crippen LogP contribution < -0.4 is 15.4 Å². The zero-order chi connectivity index (χ0) is 13.8. The van der Waals surface area contributed by atoms with Crippen molar-refractivity contribution in [2.45, 2.75) is 0 Å². The Morgan fingerprint density at radius 3 is 1.95 bits per heavy atom. The standard InChI is InChI=1S/C14H13FN2O2/c1-19-13-8-6-12(7-9-13)17(14(16)18)11-4-2-10(15)3-5-11/h2-9H,1H3,(H2,16,18). The monoisotopic (exact) mass is 260 g/mol. The van der Waals surface area contributed by atoms with Gasteiger partial charge >= 0.3 is 6.03 Å². The molecule has 0 unspecified atom stereocenters. The Morgan fingerprint density at radius 1 is 1.05 bits per heavy atom. The van der Waals surface area contributed by atoms with Crippen LogP contribution in [0.2, 0.25) is 0 Å². The summed E-state index contributed by atoms with van der Waals surface area (Å²) in [6.07, 6.45) is 0. The lowest BCUT2D eigenvalue weighted by atomic mass is 10.2. The molecule has 0 aromatic heterocycles. The van der Waals surface area contributed by atoms with E-state index in [0.717, 1.165) is 0 Å². The highest BCUT2D eigenvalue weighted by molar-refractivity contribution is 5.98. The molecule has 0 radical (unpaired) electrons. The van der Waals surface area contributed by atoms with Gasteiger partial charge in [-0.15, -0.1) is 0 Å². The summed E-state index contributed by atoms with van der Waals surface area (Å²) >= 11 is 0. The number of hydrogen-bond acceptors (Lipinski definition) is 2. The van der Waals surface area contributed by atoms with Crippen molar-refractivity contribution >= 4 is 17.4 Å². The summed E-state index contributed by atoms with van der Waals surface area (Å²) < 4.78 is 17.9. The Labute approximate surface area is 110 Å². The van der Waals surface area contributed by atoms with Gasteiger partial charge in [-0.2, -0.15) is 0 Å². The van der Waals surface area contributed by atoms with Crippen LogP contribution in [0.5, 0.6) is 5.75 Å². The molecule has 0 atom stereocenters. The van der Waals surface area contributed by atoms with Crippen molar-refractivity contribution in [2.24, 2.45) is 5.73 Å². The summed E-state index contributed by atoms with van der Waals surface area (Å²) in [5, 5.41) is 0. The van der Waals surface area contributed by atoms with Gasteiger partial charge in [-0.3, -0.25) is 4.90 Å². The van der Waals surface area contributed by atoms with Crippen LogP contribution in [0.25, 0.3) is 0 Å². The average Bonchev–Trinajstić information content (AvgIpc) is 2.42. The molecule has 0 spiro atoms. The van der Waals surface area contributed by atoms with Gasteiger partial charge in [-0.1, -0.05) is 0 Å². The van der Waals surface area contributed by atoms with Crippen molar-refractivity contribution in [3.63, 3.8) is 0 Å². The molecule has 2 aromatic rings. The van der Waals surface area contributed by atoms with Gasteiger partial charge in [0, 0.05) is 0 Å². The van der Waals surface area contributed by atoms with E-state index in [1.54, 1.807) is 31.4 Å². The number of urea groups is 1. The topological polar surface area (TPSA) is 55.6 Å². The SMILES string of the molecule is COc1ccc(N(C(N)=O)c2ccc(F)cc2)cc1. The van der Waals surface area contributed by atoms with Crippen LogP contribution in [0.4, 0.5) is 20.6 Å². The normalized spacial score (nSPS) is 10.0. The van der Waals surface area contributed by atoms with E-state index in [4.69, 9.17) is 10.5 Å². The molecular weight excluding hydrogens is 247 g/mol. The first-order chi connectivity index (χ1) is 9.11. The Morgan fingerprint density at radius 2 is 1.53 bits per heavy atom. The summed E-state index contributed by atoms with van der Waals surface area (Å²) in [4.78, 5) is 12.9. The number of benzene rings is 2. The number of hydrogen-bond donors (Lipinski definition) is 1. The van der Waals surface area contributed by atoms with Crippen LogP contribution in [0.3, 0.4) is 0 Å². The highest BCUT2D eigenvalue weighted by atomic mass is 19.1. The van der Waals surface area contributed by atoms with Crippen molar-refractivity contribution < 1.29 is 13.9 Å². The fourth-order valence-electron chi connectivity index (χ4n) is 1.73. The molecule has 2 rings (SSSR count). The first-order valence-corrected chi connectivity index (χ1v) is 5.61. The fourth-order valence-corrected chi connectivity index (χ4v) is 1.73. The molecule has 0 aliphatic carbocycles. The number of halogens is 1. The van der Waals surface area contributed by atoms with Crippen LogP contribution >= 0.6 is 0 Å². The molecule has 5 heteroatoms. The van der Waals surface area contributed by atoms with E-state index in [-0.39, 0.29) is 5.82 Å². The summed E-state index contributed by atoms with van der Waals surface area (Å²) in [6.45, 7) is 0. The summed E-state index contributed by atoms with van der Waals surface area (Å²) in [5.41, 5.74) is 6.45. The van der Waals surface area contributed by atoms with E-state index >= 15 is 0 Å². The predicted octanol–water partition coefficient (Wildman–Crippen LogP) is 3.05. The number of rotatable bonds is 3. The summed E-state index contributed by atoms with van der Waals surface area (Å²) in [5.74, 6) is 0.301. The second-order valence-corrected chi connectivity index (χ2v) is 3.85. The van der Waals surface area contributed by atoms with Crippen molar-refractivity contribution in [2.75, 3.05) is 12.0 Å². The largest absolute Gasteiger partial charge is 0.497 e. The van der Waals surface area contributed by atoms with E-state index in [9.17, 15) is 9.18 Å². The second-order valence-electron chi connectivity index (χ2n) is 3.85. The molecule has 0 saturated heterocycles. The Hall–Kier alpha value is -2.56. The minimum atomic E-state index is -0.642. The van der Waals surface area contributed by atoms with Crippen molar-refractivity contribution in [1.82, 2.24) is 0 Å². The van der Waals surface area contributed by atoms with Crippen LogP contribution in [0.15, 0.2) is 48.5 Å². The number of amides is 2. The summed E-state index contributed by atoms with van der Waals surface area (Å²) in [6, 6.07) is 11.7. The molecular formula is C14H13FN2O2. The van der Waals surface area contributed by atoms with Crippen LogP contribution in [-0.4, -0.2) is 13.1 Å². The minimum absolute atomic E-state index is 0.372. The quantitative estimate of drug-likeness (QED) is 0.922. The van der Waals surface area contributed by atoms with E-state index in [0.29, 0.717) is 17.1 Å². The van der Waals surface area contributed by atoms with E-state index in [2.05, 4.69) is 0 Å². The van der Waals surface area contributed by atoms with Gasteiger partial charge < -0.3 is 10.5 Å². The zero-order valence-corrected chi connectivity index (χ0v) is 10.3. The molecule has 19 heavy (non-hydrogen) atoms. The van der Waals surface area contributed by atoms with E-state index in [1.165, 1.54) is 29.2 Å². The van der Waals surface area contributed by atoms with Gasteiger partial charge in [0.2, 0.25) is 0 Å². The lowest BCUT2D eigenvalue weighted by molar-refractivity contribution is 0.256. The zero-order valence-electron chi connectivity index (χ0n) is 10.3.